The van der Waals surface area contributed by atoms with Crippen molar-refractivity contribution >= 4 is 35.2 Å². The lowest BCUT2D eigenvalue weighted by atomic mass is 10.2. The summed E-state index contributed by atoms with van der Waals surface area (Å²) in [6.45, 7) is 4.04. The van der Waals surface area contributed by atoms with E-state index in [2.05, 4.69) is 15.3 Å². The summed E-state index contributed by atoms with van der Waals surface area (Å²) in [7, 11) is 0. The molecule has 160 valence electrons. The predicted molar refractivity (Wildman–Crippen MR) is 118 cm³/mol. The highest BCUT2D eigenvalue weighted by molar-refractivity contribution is 6.32. The van der Waals surface area contributed by atoms with Crippen LogP contribution in [-0.2, 0) is 16.1 Å². The van der Waals surface area contributed by atoms with E-state index in [0.29, 0.717) is 45.7 Å². The maximum absolute atomic E-state index is 13.3. The molecule has 0 amide bonds. The summed E-state index contributed by atoms with van der Waals surface area (Å²) in [4.78, 5) is 20.1. The molecule has 0 saturated heterocycles. The number of aromatic nitrogens is 2. The van der Waals surface area contributed by atoms with E-state index in [1.165, 1.54) is 24.5 Å². The quantitative estimate of drug-likeness (QED) is 0.369. The second-order valence-corrected chi connectivity index (χ2v) is 6.90. The van der Waals surface area contributed by atoms with Crippen molar-refractivity contribution in [3.63, 3.8) is 0 Å². The van der Waals surface area contributed by atoms with Gasteiger partial charge in [0.25, 0.3) is 0 Å². The van der Waals surface area contributed by atoms with Crippen LogP contribution in [0.5, 0.6) is 5.75 Å². The molecule has 0 unspecified atom stereocenters. The predicted octanol–water partition coefficient (Wildman–Crippen LogP) is 5.48. The maximum atomic E-state index is 13.3. The first-order chi connectivity index (χ1) is 15.0. The van der Waals surface area contributed by atoms with Crippen molar-refractivity contribution in [3.05, 3.63) is 82.5 Å². The molecule has 0 radical (unpaired) electrons. The van der Waals surface area contributed by atoms with Gasteiger partial charge >= 0.3 is 5.97 Å². The van der Waals surface area contributed by atoms with Gasteiger partial charge in [0.1, 0.15) is 30.3 Å². The van der Waals surface area contributed by atoms with Crippen LogP contribution in [0.25, 0.3) is 6.08 Å². The number of rotatable bonds is 8. The Balaban J connectivity index is 1.74. The summed E-state index contributed by atoms with van der Waals surface area (Å²) in [5.74, 6) is 0.217. The Kier molecular flexibility index (Phi) is 7.56. The molecule has 0 bridgehead atoms. The van der Waals surface area contributed by atoms with Crippen LogP contribution in [0.3, 0.4) is 0 Å². The molecule has 3 rings (SSSR count). The first-order valence-corrected chi connectivity index (χ1v) is 9.94. The van der Waals surface area contributed by atoms with Crippen molar-refractivity contribution in [1.82, 2.24) is 9.97 Å². The van der Waals surface area contributed by atoms with Gasteiger partial charge in [0, 0.05) is 17.3 Å². The lowest BCUT2D eigenvalue weighted by Gasteiger charge is -2.13. The van der Waals surface area contributed by atoms with Crippen molar-refractivity contribution in [1.29, 1.82) is 0 Å². The smallest absolute Gasteiger partial charge is 0.330 e. The zero-order chi connectivity index (χ0) is 22.2. The number of halogens is 2. The zero-order valence-electron chi connectivity index (χ0n) is 17.1. The number of anilines is 2. The minimum atomic E-state index is -0.445. The Morgan fingerprint density at radius 1 is 1.23 bits per heavy atom. The highest BCUT2D eigenvalue weighted by Crippen LogP contribution is 2.30. The average Bonchev–Trinajstić information content (AvgIpc) is 2.73. The van der Waals surface area contributed by atoms with Gasteiger partial charge in [-0.05, 0) is 55.8 Å². The number of carbonyl (C=O) groups excluding carboxylic acids is 1. The Bertz CT molecular complexity index is 1110. The molecule has 6 nitrogen and oxygen atoms in total. The fourth-order valence-electron chi connectivity index (χ4n) is 2.74. The van der Waals surface area contributed by atoms with Gasteiger partial charge < -0.3 is 14.8 Å². The summed E-state index contributed by atoms with van der Waals surface area (Å²) < 4.78 is 23.9. The van der Waals surface area contributed by atoms with Crippen molar-refractivity contribution in [2.45, 2.75) is 20.5 Å². The zero-order valence-corrected chi connectivity index (χ0v) is 17.8. The van der Waals surface area contributed by atoms with Crippen LogP contribution < -0.4 is 10.1 Å². The van der Waals surface area contributed by atoms with E-state index in [1.54, 1.807) is 43.3 Å². The monoisotopic (exact) mass is 441 g/mol. The second kappa shape index (κ2) is 10.5. The number of benzene rings is 2. The van der Waals surface area contributed by atoms with Crippen LogP contribution in [0.1, 0.15) is 23.7 Å². The topological polar surface area (TPSA) is 73.3 Å². The minimum absolute atomic E-state index is 0.193. The summed E-state index contributed by atoms with van der Waals surface area (Å²) in [5, 5.41) is 3.56. The number of nitrogens with zero attached hydrogens (tertiary/aromatic N) is 2. The molecule has 31 heavy (non-hydrogen) atoms. The molecule has 2 aromatic carbocycles. The minimum Gasteiger partial charge on any atom is -0.487 e. The molecule has 0 saturated carbocycles. The Labute approximate surface area is 184 Å². The molecular weight excluding hydrogens is 421 g/mol. The summed E-state index contributed by atoms with van der Waals surface area (Å²) in [6, 6.07) is 11.4. The fraction of sp³-hybridized carbons (Fsp3) is 0.174. The van der Waals surface area contributed by atoms with Crippen LogP contribution in [-0.4, -0.2) is 22.5 Å². The third kappa shape index (κ3) is 6.26. The maximum Gasteiger partial charge on any atom is 0.330 e. The van der Waals surface area contributed by atoms with Gasteiger partial charge in [0.05, 0.1) is 17.3 Å². The molecule has 0 aliphatic heterocycles. The molecule has 1 heterocycles. The SMILES string of the molecule is CCOC(=O)/C=C/c1c(C)ncnc1Nc1ccc(OCc2cccc(F)c2)c(Cl)c1. The molecule has 0 aliphatic carbocycles. The Morgan fingerprint density at radius 3 is 2.81 bits per heavy atom. The van der Waals surface area contributed by atoms with E-state index in [4.69, 9.17) is 21.1 Å². The van der Waals surface area contributed by atoms with E-state index in [9.17, 15) is 9.18 Å². The fourth-order valence-corrected chi connectivity index (χ4v) is 2.98. The number of hydrogen-bond acceptors (Lipinski definition) is 6. The van der Waals surface area contributed by atoms with Crippen LogP contribution in [0.4, 0.5) is 15.9 Å². The molecule has 8 heteroatoms. The first-order valence-electron chi connectivity index (χ1n) is 9.56. The normalized spacial score (nSPS) is 10.8. The van der Waals surface area contributed by atoms with E-state index in [1.807, 2.05) is 6.92 Å². The third-order valence-electron chi connectivity index (χ3n) is 4.23. The first kappa shape index (κ1) is 22.2. The van der Waals surface area contributed by atoms with Crippen molar-refractivity contribution in [2.75, 3.05) is 11.9 Å². The van der Waals surface area contributed by atoms with Gasteiger partial charge in [-0.3, -0.25) is 0 Å². The average molecular weight is 442 g/mol. The second-order valence-electron chi connectivity index (χ2n) is 6.50. The Morgan fingerprint density at radius 2 is 2.06 bits per heavy atom. The molecule has 0 fully saturated rings. The van der Waals surface area contributed by atoms with E-state index < -0.39 is 5.97 Å². The van der Waals surface area contributed by atoms with Gasteiger partial charge in [0.2, 0.25) is 0 Å². The van der Waals surface area contributed by atoms with Gasteiger partial charge in [-0.1, -0.05) is 23.7 Å². The number of carbonyl (C=O) groups is 1. The van der Waals surface area contributed by atoms with E-state index in [0.717, 1.165) is 0 Å². The van der Waals surface area contributed by atoms with E-state index in [-0.39, 0.29) is 12.4 Å². The van der Waals surface area contributed by atoms with Crippen LogP contribution >= 0.6 is 11.6 Å². The molecule has 0 spiro atoms. The van der Waals surface area contributed by atoms with Gasteiger partial charge in [0.15, 0.2) is 0 Å². The lowest BCUT2D eigenvalue weighted by Crippen LogP contribution is -2.02. The van der Waals surface area contributed by atoms with Gasteiger partial charge in [-0.2, -0.15) is 0 Å². The highest BCUT2D eigenvalue weighted by Gasteiger charge is 2.09. The number of esters is 1. The van der Waals surface area contributed by atoms with Crippen LogP contribution in [0.15, 0.2) is 54.9 Å². The largest absolute Gasteiger partial charge is 0.487 e. The van der Waals surface area contributed by atoms with Crippen molar-refractivity contribution in [3.8, 4) is 5.75 Å². The van der Waals surface area contributed by atoms with E-state index >= 15 is 0 Å². The lowest BCUT2D eigenvalue weighted by molar-refractivity contribution is -0.137. The van der Waals surface area contributed by atoms with Crippen LogP contribution in [0, 0.1) is 12.7 Å². The van der Waals surface area contributed by atoms with Crippen molar-refractivity contribution < 1.29 is 18.7 Å². The molecule has 0 aliphatic rings. The molecule has 0 atom stereocenters. The van der Waals surface area contributed by atoms with Crippen LogP contribution in [0.2, 0.25) is 5.02 Å². The Hall–Kier alpha value is -3.45. The highest BCUT2D eigenvalue weighted by atomic mass is 35.5. The third-order valence-corrected chi connectivity index (χ3v) is 4.53. The number of hydrogen-bond donors (Lipinski definition) is 1. The number of nitrogens with one attached hydrogen (secondary N) is 1. The summed E-state index contributed by atoms with van der Waals surface area (Å²) >= 11 is 6.35. The number of aryl methyl sites for hydroxylation is 1. The number of ether oxygens (including phenoxy) is 2. The molecule has 3 aromatic rings. The molecule has 1 aromatic heterocycles. The van der Waals surface area contributed by atoms with Crippen molar-refractivity contribution in [2.24, 2.45) is 0 Å². The standard InChI is InChI=1S/C23H21ClFN3O3/c1-3-30-22(29)10-8-19-15(2)26-14-27-23(19)28-18-7-9-21(20(24)12-18)31-13-16-5-4-6-17(25)11-16/h4-12,14H,3,13H2,1-2H3,(H,26,27,28)/b10-8+. The summed E-state index contributed by atoms with van der Waals surface area (Å²) in [6.07, 6.45) is 4.36. The summed E-state index contributed by atoms with van der Waals surface area (Å²) in [5.41, 5.74) is 2.72. The van der Waals surface area contributed by atoms with Gasteiger partial charge in [-0.15, -0.1) is 0 Å². The molecular formula is C23H21ClFN3O3. The molecule has 1 N–H and O–H groups in total. The van der Waals surface area contributed by atoms with Gasteiger partial charge in [-0.25, -0.2) is 19.2 Å².